The van der Waals surface area contributed by atoms with Crippen molar-refractivity contribution < 1.29 is 4.84 Å². The molecule has 2 nitrogen and oxygen atoms in total. The van der Waals surface area contributed by atoms with E-state index in [-0.39, 0.29) is 0 Å². The van der Waals surface area contributed by atoms with E-state index in [1.54, 1.807) is 0 Å². The Balaban J connectivity index is 2.28. The van der Waals surface area contributed by atoms with E-state index in [1.807, 2.05) is 23.3 Å². The van der Waals surface area contributed by atoms with Gasteiger partial charge in [0.2, 0.25) is 0 Å². The summed E-state index contributed by atoms with van der Waals surface area (Å²) in [5, 5.41) is 2.04. The first-order chi connectivity index (χ1) is 9.72. The minimum atomic E-state index is 0.360. The van der Waals surface area contributed by atoms with Gasteiger partial charge in [-0.2, -0.15) is 0 Å². The molecule has 0 saturated carbocycles. The van der Waals surface area contributed by atoms with Gasteiger partial charge in [-0.3, -0.25) is 0 Å². The first-order valence-electron chi connectivity index (χ1n) is 7.31. The van der Waals surface area contributed by atoms with E-state index >= 15 is 0 Å². The van der Waals surface area contributed by atoms with Crippen molar-refractivity contribution in [3.05, 3.63) is 54.6 Å². The van der Waals surface area contributed by atoms with Crippen LogP contribution in [0.3, 0.4) is 0 Å². The number of benzene rings is 2. The summed E-state index contributed by atoms with van der Waals surface area (Å²) < 4.78 is 0. The molecule has 2 aromatic carbocycles. The zero-order chi connectivity index (χ0) is 14.4. The van der Waals surface area contributed by atoms with Gasteiger partial charge >= 0.3 is 0 Å². The molecule has 0 heterocycles. The second-order valence-electron chi connectivity index (χ2n) is 5.19. The van der Waals surface area contributed by atoms with Crippen LogP contribution >= 0.6 is 0 Å². The lowest BCUT2D eigenvalue weighted by atomic mass is 10.1. The number of hydroxylamine groups is 2. The Hall–Kier alpha value is -1.80. The van der Waals surface area contributed by atoms with Gasteiger partial charge in [-0.25, -0.2) is 0 Å². The third-order valence-corrected chi connectivity index (χ3v) is 3.21. The summed E-state index contributed by atoms with van der Waals surface area (Å²) in [6, 6.07) is 18.9. The van der Waals surface area contributed by atoms with Gasteiger partial charge < -0.3 is 4.84 Å². The first-order valence-corrected chi connectivity index (χ1v) is 7.31. The highest BCUT2D eigenvalue weighted by molar-refractivity contribution is 5.70. The Morgan fingerprint density at radius 2 is 1.60 bits per heavy atom. The minimum absolute atomic E-state index is 0.360. The lowest BCUT2D eigenvalue weighted by molar-refractivity contribution is -0.0843. The molecular weight excluding hydrogens is 246 g/mol. The molecule has 0 spiro atoms. The molecule has 106 valence electrons. The smallest absolute Gasteiger partial charge is 0.155 e. The molecule has 0 atom stereocenters. The van der Waals surface area contributed by atoms with E-state index in [9.17, 15) is 0 Å². The van der Waals surface area contributed by atoms with Crippen LogP contribution in [0.25, 0.3) is 11.1 Å². The lowest BCUT2D eigenvalue weighted by Gasteiger charge is -2.26. The predicted octanol–water partition coefficient (Wildman–Crippen LogP) is 4.77. The van der Waals surface area contributed by atoms with Crippen molar-refractivity contribution in [2.24, 2.45) is 0 Å². The summed E-state index contributed by atoms with van der Waals surface area (Å²) in [6.45, 7) is 7.41. The van der Waals surface area contributed by atoms with E-state index in [4.69, 9.17) is 4.84 Å². The molecule has 0 aromatic heterocycles. The Morgan fingerprint density at radius 1 is 0.950 bits per heavy atom. The van der Waals surface area contributed by atoms with Crippen LogP contribution in [0, 0.1) is 0 Å². The van der Waals surface area contributed by atoms with Gasteiger partial charge in [0.25, 0.3) is 0 Å². The van der Waals surface area contributed by atoms with Crippen LogP contribution in [0.15, 0.2) is 54.6 Å². The number of nitrogens with zero attached hydrogens (tertiary/aromatic N) is 1. The summed E-state index contributed by atoms with van der Waals surface area (Å²) in [5.74, 6) is 0.917. The third-order valence-electron chi connectivity index (χ3n) is 3.21. The molecule has 0 saturated heterocycles. The number of hydrogen-bond acceptors (Lipinski definition) is 2. The average molecular weight is 269 g/mol. The highest BCUT2D eigenvalue weighted by Crippen LogP contribution is 2.30. The fourth-order valence-corrected chi connectivity index (χ4v) is 2.16. The Bertz CT molecular complexity index is 522. The number of rotatable bonds is 6. The molecule has 0 amide bonds. The fourth-order valence-electron chi connectivity index (χ4n) is 2.16. The Kier molecular flexibility index (Phi) is 5.19. The average Bonchev–Trinajstić information content (AvgIpc) is 2.48. The molecule has 0 aliphatic heterocycles. The fraction of sp³-hybridized carbons (Fsp3) is 0.333. The Labute approximate surface area is 122 Å². The van der Waals surface area contributed by atoms with Gasteiger partial charge in [-0.05, 0) is 31.9 Å². The summed E-state index contributed by atoms with van der Waals surface area (Å²) in [6.07, 6.45) is 1.08. The van der Waals surface area contributed by atoms with Crippen molar-refractivity contribution in [2.75, 3.05) is 6.54 Å². The molecule has 0 N–H and O–H groups in total. The van der Waals surface area contributed by atoms with Crippen LogP contribution in [0.5, 0.6) is 5.75 Å². The molecule has 20 heavy (non-hydrogen) atoms. The lowest BCUT2D eigenvalue weighted by Crippen LogP contribution is -2.34. The van der Waals surface area contributed by atoms with Crippen molar-refractivity contribution >= 4 is 0 Å². The number of para-hydroxylation sites is 1. The molecule has 0 fully saturated rings. The van der Waals surface area contributed by atoms with Crippen LogP contribution in [0.1, 0.15) is 27.2 Å². The van der Waals surface area contributed by atoms with Crippen LogP contribution in [0.4, 0.5) is 0 Å². The van der Waals surface area contributed by atoms with Gasteiger partial charge in [-0.15, -0.1) is 5.06 Å². The number of hydrogen-bond donors (Lipinski definition) is 0. The highest BCUT2D eigenvalue weighted by Gasteiger charge is 2.13. The van der Waals surface area contributed by atoms with Gasteiger partial charge in [0.05, 0.1) is 0 Å². The summed E-state index contributed by atoms with van der Waals surface area (Å²) in [4.78, 5) is 6.14. The molecule has 0 unspecified atom stereocenters. The maximum absolute atomic E-state index is 6.14. The predicted molar refractivity (Wildman–Crippen MR) is 84.6 cm³/mol. The summed E-state index contributed by atoms with van der Waals surface area (Å²) in [7, 11) is 0. The SMILES string of the molecule is CCCN(Oc1ccccc1-c1ccccc1)C(C)C. The van der Waals surface area contributed by atoms with Crippen LogP contribution in [-0.2, 0) is 0 Å². The van der Waals surface area contributed by atoms with Gasteiger partial charge in [0, 0.05) is 18.2 Å². The second kappa shape index (κ2) is 7.11. The molecule has 2 rings (SSSR count). The monoisotopic (exact) mass is 269 g/mol. The van der Waals surface area contributed by atoms with Gasteiger partial charge in [0.15, 0.2) is 5.75 Å². The van der Waals surface area contributed by atoms with E-state index in [1.165, 1.54) is 5.56 Å². The molecule has 2 heteroatoms. The normalized spacial score (nSPS) is 11.1. The largest absolute Gasteiger partial charge is 0.405 e. The molecule has 2 aromatic rings. The van der Waals surface area contributed by atoms with E-state index in [0.29, 0.717) is 6.04 Å². The third kappa shape index (κ3) is 3.61. The molecule has 0 aliphatic carbocycles. The topological polar surface area (TPSA) is 12.5 Å². The van der Waals surface area contributed by atoms with Crippen LogP contribution < -0.4 is 4.84 Å². The van der Waals surface area contributed by atoms with Crippen molar-refractivity contribution in [3.63, 3.8) is 0 Å². The second-order valence-corrected chi connectivity index (χ2v) is 5.19. The van der Waals surface area contributed by atoms with Crippen molar-refractivity contribution in [1.82, 2.24) is 5.06 Å². The molecule has 0 bridgehead atoms. The van der Waals surface area contributed by atoms with Crippen molar-refractivity contribution in [2.45, 2.75) is 33.2 Å². The van der Waals surface area contributed by atoms with Crippen molar-refractivity contribution in [1.29, 1.82) is 0 Å². The minimum Gasteiger partial charge on any atom is -0.405 e. The molecule has 0 aliphatic rings. The maximum Gasteiger partial charge on any atom is 0.155 e. The first kappa shape index (κ1) is 14.6. The Morgan fingerprint density at radius 3 is 2.25 bits per heavy atom. The van der Waals surface area contributed by atoms with Crippen molar-refractivity contribution in [3.8, 4) is 16.9 Å². The van der Waals surface area contributed by atoms with E-state index < -0.39 is 0 Å². The standard InChI is InChI=1S/C18H23NO/c1-4-14-19(15(2)3)20-18-13-9-8-12-17(18)16-10-6-5-7-11-16/h5-13,15H,4,14H2,1-3H3. The van der Waals surface area contributed by atoms with Crippen LogP contribution in [0.2, 0.25) is 0 Å². The van der Waals surface area contributed by atoms with Crippen LogP contribution in [-0.4, -0.2) is 17.6 Å². The van der Waals surface area contributed by atoms with Gasteiger partial charge in [-0.1, -0.05) is 55.5 Å². The van der Waals surface area contributed by atoms with E-state index in [0.717, 1.165) is 24.3 Å². The molecular formula is C18H23NO. The highest BCUT2D eigenvalue weighted by atomic mass is 16.7. The summed E-state index contributed by atoms with van der Waals surface area (Å²) >= 11 is 0. The zero-order valence-corrected chi connectivity index (χ0v) is 12.5. The zero-order valence-electron chi connectivity index (χ0n) is 12.5. The van der Waals surface area contributed by atoms with Gasteiger partial charge in [0.1, 0.15) is 0 Å². The summed E-state index contributed by atoms with van der Waals surface area (Å²) in [5.41, 5.74) is 2.32. The molecule has 0 radical (unpaired) electrons. The van der Waals surface area contributed by atoms with E-state index in [2.05, 4.69) is 57.2 Å². The maximum atomic E-state index is 6.14. The quantitative estimate of drug-likeness (QED) is 0.700.